The van der Waals surface area contributed by atoms with E-state index in [0.717, 1.165) is 16.7 Å². The van der Waals surface area contributed by atoms with E-state index in [4.69, 9.17) is 9.47 Å². The van der Waals surface area contributed by atoms with Gasteiger partial charge in [0.15, 0.2) is 11.5 Å². The third kappa shape index (κ3) is 4.57. The Labute approximate surface area is 223 Å². The molecule has 0 spiro atoms. The molecule has 194 valence electrons. The standard InChI is InChI=1S/C31H25N3O5/c1-20-7-5-6-8-23(20)18-33-26-16-22(29(35)32-17-21-11-14-27-28(15-21)39-19-38-27)12-13-25(26)30(36)34(31(33)37)24-9-3-2-4-10-24/h2-16H,17-19H2,1H3,(H,32,35). The first-order chi connectivity index (χ1) is 19.0. The molecule has 1 aliphatic rings. The SMILES string of the molecule is Cc1ccccc1Cn1c(=O)n(-c2ccccc2)c(=O)c2ccc(C(=O)NCc3ccc4c(c3)OCO4)cc21. The molecule has 0 atom stereocenters. The van der Waals surface area contributed by atoms with Gasteiger partial charge in [0.05, 0.1) is 23.1 Å². The van der Waals surface area contributed by atoms with E-state index in [0.29, 0.717) is 33.7 Å². The molecule has 8 nitrogen and oxygen atoms in total. The molecule has 4 aromatic carbocycles. The van der Waals surface area contributed by atoms with Crippen LogP contribution in [-0.4, -0.2) is 21.8 Å². The van der Waals surface area contributed by atoms with Gasteiger partial charge in [-0.2, -0.15) is 0 Å². The van der Waals surface area contributed by atoms with Crippen molar-refractivity contribution in [3.05, 3.63) is 134 Å². The quantitative estimate of drug-likeness (QED) is 0.364. The monoisotopic (exact) mass is 519 g/mol. The minimum Gasteiger partial charge on any atom is -0.454 e. The molecule has 2 heterocycles. The van der Waals surface area contributed by atoms with Gasteiger partial charge in [0.1, 0.15) is 0 Å². The van der Waals surface area contributed by atoms with Gasteiger partial charge in [-0.1, -0.05) is 48.5 Å². The lowest BCUT2D eigenvalue weighted by molar-refractivity contribution is 0.0951. The van der Waals surface area contributed by atoms with Crippen LogP contribution in [0.5, 0.6) is 11.5 Å². The van der Waals surface area contributed by atoms with Crippen molar-refractivity contribution in [1.82, 2.24) is 14.5 Å². The van der Waals surface area contributed by atoms with Crippen LogP contribution in [0.3, 0.4) is 0 Å². The molecule has 0 aliphatic carbocycles. The van der Waals surface area contributed by atoms with Crippen LogP contribution in [0.15, 0.2) is 101 Å². The number of aryl methyl sites for hydroxylation is 1. The number of carbonyl (C=O) groups is 1. The Balaban J connectivity index is 1.41. The minimum absolute atomic E-state index is 0.179. The number of ether oxygens (including phenoxy) is 2. The summed E-state index contributed by atoms with van der Waals surface area (Å²) in [7, 11) is 0. The predicted molar refractivity (Wildman–Crippen MR) is 148 cm³/mol. The van der Waals surface area contributed by atoms with Gasteiger partial charge in [0.25, 0.3) is 11.5 Å². The number of nitrogens with one attached hydrogen (secondary N) is 1. The molecule has 0 saturated carbocycles. The van der Waals surface area contributed by atoms with Gasteiger partial charge in [-0.3, -0.25) is 14.2 Å². The zero-order valence-electron chi connectivity index (χ0n) is 21.2. The molecule has 6 rings (SSSR count). The van der Waals surface area contributed by atoms with Crippen molar-refractivity contribution >= 4 is 16.8 Å². The summed E-state index contributed by atoms with van der Waals surface area (Å²) in [5, 5.41) is 3.26. The second-order valence-electron chi connectivity index (χ2n) is 9.37. The van der Waals surface area contributed by atoms with Crippen molar-refractivity contribution in [3.8, 4) is 17.2 Å². The summed E-state index contributed by atoms with van der Waals surface area (Å²) >= 11 is 0. The second-order valence-corrected chi connectivity index (χ2v) is 9.37. The lowest BCUT2D eigenvalue weighted by Crippen LogP contribution is -2.39. The first kappa shape index (κ1) is 24.2. The zero-order valence-corrected chi connectivity index (χ0v) is 21.2. The third-order valence-corrected chi connectivity index (χ3v) is 6.90. The smallest absolute Gasteiger partial charge is 0.336 e. The Bertz CT molecular complexity index is 1840. The molecule has 0 radical (unpaired) electrons. The Morgan fingerprint density at radius 3 is 2.46 bits per heavy atom. The fourth-order valence-corrected chi connectivity index (χ4v) is 4.76. The number of rotatable bonds is 6. The number of para-hydroxylation sites is 1. The van der Waals surface area contributed by atoms with Crippen LogP contribution >= 0.6 is 0 Å². The van der Waals surface area contributed by atoms with Crippen molar-refractivity contribution in [2.75, 3.05) is 6.79 Å². The van der Waals surface area contributed by atoms with Gasteiger partial charge in [-0.25, -0.2) is 9.36 Å². The average molecular weight is 520 g/mol. The van der Waals surface area contributed by atoms with E-state index in [2.05, 4.69) is 5.32 Å². The summed E-state index contributed by atoms with van der Waals surface area (Å²) in [4.78, 5) is 40.5. The lowest BCUT2D eigenvalue weighted by Gasteiger charge is -2.16. The zero-order chi connectivity index (χ0) is 26.9. The molecule has 39 heavy (non-hydrogen) atoms. The summed E-state index contributed by atoms with van der Waals surface area (Å²) in [5.74, 6) is 0.992. The highest BCUT2D eigenvalue weighted by Crippen LogP contribution is 2.32. The maximum absolute atomic E-state index is 13.8. The molecule has 1 N–H and O–H groups in total. The molecular formula is C31H25N3O5. The van der Waals surface area contributed by atoms with Crippen molar-refractivity contribution in [2.45, 2.75) is 20.0 Å². The van der Waals surface area contributed by atoms with Crippen LogP contribution in [-0.2, 0) is 13.1 Å². The van der Waals surface area contributed by atoms with Gasteiger partial charge in [-0.15, -0.1) is 0 Å². The summed E-state index contributed by atoms with van der Waals surface area (Å²) in [6, 6.07) is 27.0. The van der Waals surface area contributed by atoms with Crippen molar-refractivity contribution in [2.24, 2.45) is 0 Å². The van der Waals surface area contributed by atoms with Crippen LogP contribution in [0.2, 0.25) is 0 Å². The van der Waals surface area contributed by atoms with Crippen LogP contribution in [0.4, 0.5) is 0 Å². The Kier molecular flexibility index (Phi) is 6.20. The minimum atomic E-state index is -0.472. The number of carbonyl (C=O) groups excluding carboxylic acids is 1. The van der Waals surface area contributed by atoms with E-state index >= 15 is 0 Å². The maximum atomic E-state index is 13.8. The summed E-state index contributed by atoms with van der Waals surface area (Å²) in [5.41, 5.74) is 3.14. The van der Waals surface area contributed by atoms with Gasteiger partial charge in [0, 0.05) is 12.1 Å². The van der Waals surface area contributed by atoms with E-state index in [9.17, 15) is 14.4 Å². The number of nitrogens with zero attached hydrogens (tertiary/aromatic N) is 2. The van der Waals surface area contributed by atoms with Crippen LogP contribution in [0.25, 0.3) is 16.6 Å². The second kappa shape index (κ2) is 9.98. The number of hydrogen-bond donors (Lipinski definition) is 1. The topological polar surface area (TPSA) is 91.6 Å². The summed E-state index contributed by atoms with van der Waals surface area (Å²) in [6.07, 6.45) is 0. The highest BCUT2D eigenvalue weighted by molar-refractivity contribution is 5.97. The highest BCUT2D eigenvalue weighted by Gasteiger charge is 2.18. The molecule has 0 unspecified atom stereocenters. The predicted octanol–water partition coefficient (Wildman–Crippen LogP) is 4.17. The molecule has 1 aliphatic heterocycles. The Hall–Kier alpha value is -5.11. The Morgan fingerprint density at radius 2 is 1.64 bits per heavy atom. The first-order valence-corrected chi connectivity index (χ1v) is 12.6. The number of aromatic nitrogens is 2. The van der Waals surface area contributed by atoms with E-state index in [-0.39, 0.29) is 25.8 Å². The van der Waals surface area contributed by atoms with E-state index in [1.54, 1.807) is 47.0 Å². The van der Waals surface area contributed by atoms with Gasteiger partial charge in [-0.05, 0) is 66.1 Å². The highest BCUT2D eigenvalue weighted by atomic mass is 16.7. The molecule has 1 amide bonds. The average Bonchev–Trinajstić information content (AvgIpc) is 3.43. The molecule has 5 aromatic rings. The first-order valence-electron chi connectivity index (χ1n) is 12.6. The summed E-state index contributed by atoms with van der Waals surface area (Å²) < 4.78 is 13.5. The van der Waals surface area contributed by atoms with E-state index < -0.39 is 11.2 Å². The van der Waals surface area contributed by atoms with E-state index in [1.165, 1.54) is 4.57 Å². The van der Waals surface area contributed by atoms with Gasteiger partial charge in [0.2, 0.25) is 6.79 Å². The van der Waals surface area contributed by atoms with Crippen LogP contribution < -0.4 is 26.0 Å². The maximum Gasteiger partial charge on any atom is 0.336 e. The molecule has 0 saturated heterocycles. The van der Waals surface area contributed by atoms with Crippen molar-refractivity contribution < 1.29 is 14.3 Å². The Morgan fingerprint density at radius 1 is 0.872 bits per heavy atom. The van der Waals surface area contributed by atoms with Gasteiger partial charge < -0.3 is 14.8 Å². The van der Waals surface area contributed by atoms with E-state index in [1.807, 2.05) is 55.5 Å². The van der Waals surface area contributed by atoms with Crippen molar-refractivity contribution in [1.29, 1.82) is 0 Å². The fourth-order valence-electron chi connectivity index (χ4n) is 4.76. The normalized spacial score (nSPS) is 12.0. The molecule has 8 heteroatoms. The third-order valence-electron chi connectivity index (χ3n) is 6.90. The molecular weight excluding hydrogens is 494 g/mol. The molecule has 0 bridgehead atoms. The van der Waals surface area contributed by atoms with Crippen molar-refractivity contribution in [3.63, 3.8) is 0 Å². The van der Waals surface area contributed by atoms with Crippen LogP contribution in [0, 0.1) is 6.92 Å². The summed E-state index contributed by atoms with van der Waals surface area (Å²) in [6.45, 7) is 2.68. The lowest BCUT2D eigenvalue weighted by atomic mass is 10.1. The molecule has 1 aromatic heterocycles. The largest absolute Gasteiger partial charge is 0.454 e. The van der Waals surface area contributed by atoms with Crippen LogP contribution in [0.1, 0.15) is 27.0 Å². The number of hydrogen-bond acceptors (Lipinski definition) is 5. The fraction of sp³-hybridized carbons (Fsp3) is 0.129. The number of amides is 1. The number of fused-ring (bicyclic) bond motifs is 2. The molecule has 0 fully saturated rings. The number of benzene rings is 4. The van der Waals surface area contributed by atoms with Gasteiger partial charge >= 0.3 is 5.69 Å².